The number of aromatic nitrogens is 4. The first-order valence-corrected chi connectivity index (χ1v) is 8.39. The Bertz CT molecular complexity index is 1020. The third-order valence-corrected chi connectivity index (χ3v) is 4.25. The zero-order valence-corrected chi connectivity index (χ0v) is 15.8. The van der Waals surface area contributed by atoms with Gasteiger partial charge in [0.25, 0.3) is 0 Å². The largest absolute Gasteiger partial charge is 0.349 e. The van der Waals surface area contributed by atoms with Gasteiger partial charge >= 0.3 is 0 Å². The van der Waals surface area contributed by atoms with Crippen molar-refractivity contribution in [1.82, 2.24) is 19.4 Å². The molecule has 1 aromatic carbocycles. The highest BCUT2D eigenvalue weighted by Crippen LogP contribution is 2.27. The van der Waals surface area contributed by atoms with E-state index < -0.39 is 0 Å². The van der Waals surface area contributed by atoms with E-state index in [1.165, 1.54) is 0 Å². The lowest BCUT2D eigenvalue weighted by Crippen LogP contribution is -2.06. The number of rotatable bonds is 4. The number of fused-ring (bicyclic) bond motifs is 1. The van der Waals surface area contributed by atoms with Gasteiger partial charge in [-0.15, -0.1) is 12.4 Å². The Morgan fingerprint density at radius 2 is 1.62 bits per heavy atom. The fourth-order valence-electron chi connectivity index (χ4n) is 2.63. The van der Waals surface area contributed by atoms with Crippen molar-refractivity contribution in [1.29, 1.82) is 0 Å². The van der Waals surface area contributed by atoms with Crippen LogP contribution in [0.15, 0.2) is 61.1 Å². The fourth-order valence-corrected chi connectivity index (χ4v) is 2.91. The SMILES string of the molecule is Cl.Clc1ccc(-c2nc3ccc(Cl)cn3c2CNc2ncccn2)cc1. The monoisotopic (exact) mass is 405 g/mol. The van der Waals surface area contributed by atoms with Crippen LogP contribution < -0.4 is 5.32 Å². The van der Waals surface area contributed by atoms with E-state index in [0.717, 1.165) is 22.6 Å². The average molecular weight is 407 g/mol. The van der Waals surface area contributed by atoms with Crippen molar-refractivity contribution in [3.63, 3.8) is 0 Å². The quantitative estimate of drug-likeness (QED) is 0.510. The summed E-state index contributed by atoms with van der Waals surface area (Å²) in [6.07, 6.45) is 5.24. The van der Waals surface area contributed by atoms with E-state index in [9.17, 15) is 0 Å². The second-order valence-electron chi connectivity index (χ2n) is 5.42. The summed E-state index contributed by atoms with van der Waals surface area (Å²) in [6.45, 7) is 0.503. The van der Waals surface area contributed by atoms with E-state index in [1.807, 2.05) is 47.0 Å². The Morgan fingerprint density at radius 1 is 0.923 bits per heavy atom. The average Bonchev–Trinajstić information content (AvgIpc) is 2.99. The summed E-state index contributed by atoms with van der Waals surface area (Å²) in [6, 6.07) is 13.1. The molecule has 0 aliphatic heterocycles. The molecule has 0 saturated heterocycles. The molecule has 8 heteroatoms. The van der Waals surface area contributed by atoms with Crippen molar-refractivity contribution in [2.75, 3.05) is 5.32 Å². The number of hydrogen-bond donors (Lipinski definition) is 1. The van der Waals surface area contributed by atoms with Gasteiger partial charge in [0, 0.05) is 29.2 Å². The van der Waals surface area contributed by atoms with Crippen LogP contribution in [0, 0.1) is 0 Å². The lowest BCUT2D eigenvalue weighted by Gasteiger charge is -2.07. The Balaban J connectivity index is 0.00000196. The van der Waals surface area contributed by atoms with Crippen LogP contribution in [0.2, 0.25) is 10.0 Å². The van der Waals surface area contributed by atoms with Crippen LogP contribution in [0.5, 0.6) is 0 Å². The second-order valence-corrected chi connectivity index (χ2v) is 6.29. The number of pyridine rings is 1. The molecule has 4 aromatic rings. The van der Waals surface area contributed by atoms with Crippen molar-refractivity contribution in [3.05, 3.63) is 76.8 Å². The van der Waals surface area contributed by atoms with Gasteiger partial charge in [0.1, 0.15) is 5.65 Å². The first-order valence-electron chi connectivity index (χ1n) is 7.64. The van der Waals surface area contributed by atoms with Gasteiger partial charge in [-0.2, -0.15) is 0 Å². The van der Waals surface area contributed by atoms with Crippen LogP contribution in [-0.4, -0.2) is 19.4 Å². The maximum atomic E-state index is 6.17. The summed E-state index contributed by atoms with van der Waals surface area (Å²) in [7, 11) is 0. The smallest absolute Gasteiger partial charge is 0.222 e. The topological polar surface area (TPSA) is 55.1 Å². The molecular formula is C18H14Cl3N5. The third kappa shape index (κ3) is 3.75. The molecule has 0 spiro atoms. The summed E-state index contributed by atoms with van der Waals surface area (Å²) < 4.78 is 1.97. The first-order chi connectivity index (χ1) is 12.2. The lowest BCUT2D eigenvalue weighted by atomic mass is 10.1. The van der Waals surface area contributed by atoms with Crippen molar-refractivity contribution in [2.24, 2.45) is 0 Å². The minimum Gasteiger partial charge on any atom is -0.349 e. The van der Waals surface area contributed by atoms with Crippen molar-refractivity contribution in [3.8, 4) is 11.3 Å². The van der Waals surface area contributed by atoms with Crippen LogP contribution >= 0.6 is 35.6 Å². The highest BCUT2D eigenvalue weighted by molar-refractivity contribution is 6.30. The van der Waals surface area contributed by atoms with E-state index in [-0.39, 0.29) is 12.4 Å². The molecule has 0 aliphatic carbocycles. The van der Waals surface area contributed by atoms with Gasteiger partial charge in [0.15, 0.2) is 0 Å². The number of nitrogens with zero attached hydrogens (tertiary/aromatic N) is 4. The fraction of sp³-hybridized carbons (Fsp3) is 0.0556. The van der Waals surface area contributed by atoms with Gasteiger partial charge in [0.2, 0.25) is 5.95 Å². The molecule has 5 nitrogen and oxygen atoms in total. The molecule has 3 aromatic heterocycles. The summed E-state index contributed by atoms with van der Waals surface area (Å²) in [5.41, 5.74) is 3.63. The third-order valence-electron chi connectivity index (χ3n) is 3.78. The number of imidazole rings is 1. The molecular weight excluding hydrogens is 393 g/mol. The molecule has 0 saturated carbocycles. The molecule has 0 aliphatic rings. The zero-order chi connectivity index (χ0) is 17.2. The first kappa shape index (κ1) is 18.5. The van der Waals surface area contributed by atoms with E-state index in [0.29, 0.717) is 22.5 Å². The van der Waals surface area contributed by atoms with Crippen LogP contribution in [0.3, 0.4) is 0 Å². The van der Waals surface area contributed by atoms with Crippen LogP contribution in [-0.2, 0) is 6.54 Å². The van der Waals surface area contributed by atoms with E-state index in [2.05, 4.69) is 15.3 Å². The van der Waals surface area contributed by atoms with Crippen molar-refractivity contribution >= 4 is 47.2 Å². The molecule has 1 N–H and O–H groups in total. The Hall–Kier alpha value is -2.34. The lowest BCUT2D eigenvalue weighted by molar-refractivity contribution is 0.977. The standard InChI is InChI=1S/C18H13Cl2N5.ClH/c19-13-4-2-12(3-5-13)17-15(10-23-18-21-8-1-9-22-18)25-11-14(20)6-7-16(25)24-17;/h1-9,11H,10H2,(H,21,22,23);1H. The number of benzene rings is 1. The number of halogens is 3. The van der Waals surface area contributed by atoms with Crippen LogP contribution in [0.1, 0.15) is 5.69 Å². The van der Waals surface area contributed by atoms with Gasteiger partial charge in [0.05, 0.1) is 23.0 Å². The van der Waals surface area contributed by atoms with E-state index in [1.54, 1.807) is 18.5 Å². The van der Waals surface area contributed by atoms with Crippen molar-refractivity contribution < 1.29 is 0 Å². The van der Waals surface area contributed by atoms with Gasteiger partial charge in [-0.05, 0) is 30.3 Å². The van der Waals surface area contributed by atoms with Crippen LogP contribution in [0.25, 0.3) is 16.9 Å². The molecule has 0 amide bonds. The Morgan fingerprint density at radius 3 is 2.35 bits per heavy atom. The highest BCUT2D eigenvalue weighted by atomic mass is 35.5. The molecule has 132 valence electrons. The molecule has 0 atom stereocenters. The Kier molecular flexibility index (Phi) is 5.61. The maximum Gasteiger partial charge on any atom is 0.222 e. The summed E-state index contributed by atoms with van der Waals surface area (Å²) in [5, 5.41) is 4.56. The highest BCUT2D eigenvalue weighted by Gasteiger charge is 2.14. The molecule has 0 fully saturated rings. The summed E-state index contributed by atoms with van der Waals surface area (Å²) in [4.78, 5) is 13.1. The maximum absolute atomic E-state index is 6.17. The van der Waals surface area contributed by atoms with Gasteiger partial charge < -0.3 is 9.72 Å². The van der Waals surface area contributed by atoms with Crippen molar-refractivity contribution in [2.45, 2.75) is 6.54 Å². The Labute approximate surface area is 166 Å². The minimum absolute atomic E-state index is 0. The molecule has 0 bridgehead atoms. The number of hydrogen-bond acceptors (Lipinski definition) is 4. The second kappa shape index (κ2) is 7.91. The van der Waals surface area contributed by atoms with Gasteiger partial charge in [-0.1, -0.05) is 35.3 Å². The molecule has 4 rings (SSSR count). The molecule has 26 heavy (non-hydrogen) atoms. The molecule has 0 unspecified atom stereocenters. The van der Waals surface area contributed by atoms with Gasteiger partial charge in [-0.25, -0.2) is 15.0 Å². The molecule has 0 radical (unpaired) electrons. The predicted octanol–water partition coefficient (Wildman–Crippen LogP) is 5.13. The number of nitrogens with one attached hydrogen (secondary N) is 1. The minimum atomic E-state index is 0. The van der Waals surface area contributed by atoms with Gasteiger partial charge in [-0.3, -0.25) is 0 Å². The van der Waals surface area contributed by atoms with E-state index in [4.69, 9.17) is 28.2 Å². The summed E-state index contributed by atoms with van der Waals surface area (Å²) in [5.74, 6) is 0.557. The molecule has 3 heterocycles. The normalized spacial score (nSPS) is 10.5. The number of anilines is 1. The van der Waals surface area contributed by atoms with E-state index >= 15 is 0 Å². The zero-order valence-electron chi connectivity index (χ0n) is 13.4. The van der Waals surface area contributed by atoms with Crippen LogP contribution in [0.4, 0.5) is 5.95 Å². The summed E-state index contributed by atoms with van der Waals surface area (Å²) >= 11 is 12.2. The predicted molar refractivity (Wildman–Crippen MR) is 107 cm³/mol.